The van der Waals surface area contributed by atoms with Crippen molar-refractivity contribution in [2.45, 2.75) is 26.9 Å². The number of benzene rings is 1. The van der Waals surface area contributed by atoms with Gasteiger partial charge < -0.3 is 9.84 Å². The Morgan fingerprint density at radius 1 is 1.40 bits per heavy atom. The molecule has 0 aliphatic rings. The Bertz CT molecular complexity index is 310. The highest BCUT2D eigenvalue weighted by Crippen LogP contribution is 2.23. The molecule has 0 atom stereocenters. The van der Waals surface area contributed by atoms with Crippen molar-refractivity contribution in [1.29, 1.82) is 0 Å². The lowest BCUT2D eigenvalue weighted by atomic mass is 10.1. The Morgan fingerprint density at radius 2 is 2.13 bits per heavy atom. The SMILES string of the molecule is CC(C)CCOc1ccc(Cl)cc1CO. The largest absolute Gasteiger partial charge is 0.493 e. The highest BCUT2D eigenvalue weighted by Gasteiger charge is 2.04. The van der Waals surface area contributed by atoms with E-state index in [1.807, 2.05) is 0 Å². The van der Waals surface area contributed by atoms with E-state index in [1.165, 1.54) is 0 Å². The fourth-order valence-electron chi connectivity index (χ4n) is 1.22. The molecule has 1 N–H and O–H groups in total. The van der Waals surface area contributed by atoms with Crippen LogP contribution in [0.4, 0.5) is 0 Å². The predicted octanol–water partition coefficient (Wildman–Crippen LogP) is 3.26. The van der Waals surface area contributed by atoms with Crippen LogP contribution in [0.1, 0.15) is 25.8 Å². The quantitative estimate of drug-likeness (QED) is 0.838. The summed E-state index contributed by atoms with van der Waals surface area (Å²) in [6.07, 6.45) is 1.01. The Kier molecular flexibility index (Phi) is 4.92. The summed E-state index contributed by atoms with van der Waals surface area (Å²) >= 11 is 5.81. The maximum Gasteiger partial charge on any atom is 0.124 e. The van der Waals surface area contributed by atoms with Gasteiger partial charge in [-0.3, -0.25) is 0 Å². The van der Waals surface area contributed by atoms with Crippen LogP contribution in [0.3, 0.4) is 0 Å². The number of hydrogen-bond acceptors (Lipinski definition) is 2. The molecule has 1 aromatic carbocycles. The summed E-state index contributed by atoms with van der Waals surface area (Å²) in [6.45, 7) is 4.93. The van der Waals surface area contributed by atoms with E-state index in [2.05, 4.69) is 13.8 Å². The van der Waals surface area contributed by atoms with Crippen LogP contribution in [0.5, 0.6) is 5.75 Å². The van der Waals surface area contributed by atoms with Crippen LogP contribution in [-0.2, 0) is 6.61 Å². The molecule has 0 aromatic heterocycles. The second kappa shape index (κ2) is 5.99. The smallest absolute Gasteiger partial charge is 0.124 e. The molecule has 0 unspecified atom stereocenters. The predicted molar refractivity (Wildman–Crippen MR) is 62.3 cm³/mol. The van der Waals surface area contributed by atoms with Gasteiger partial charge in [-0.05, 0) is 30.5 Å². The molecule has 0 saturated heterocycles. The molecule has 0 aliphatic heterocycles. The van der Waals surface area contributed by atoms with Crippen molar-refractivity contribution in [3.05, 3.63) is 28.8 Å². The van der Waals surface area contributed by atoms with Crippen LogP contribution in [0.2, 0.25) is 5.02 Å². The lowest BCUT2D eigenvalue weighted by Gasteiger charge is -2.11. The zero-order valence-electron chi connectivity index (χ0n) is 9.16. The van der Waals surface area contributed by atoms with Gasteiger partial charge in [-0.1, -0.05) is 25.4 Å². The van der Waals surface area contributed by atoms with Gasteiger partial charge in [0.05, 0.1) is 13.2 Å². The Balaban J connectivity index is 2.60. The highest BCUT2D eigenvalue weighted by molar-refractivity contribution is 6.30. The lowest BCUT2D eigenvalue weighted by Crippen LogP contribution is -2.03. The van der Waals surface area contributed by atoms with Crippen LogP contribution in [0.15, 0.2) is 18.2 Å². The van der Waals surface area contributed by atoms with Gasteiger partial charge in [-0.25, -0.2) is 0 Å². The van der Waals surface area contributed by atoms with Crippen molar-refractivity contribution in [2.75, 3.05) is 6.61 Å². The minimum atomic E-state index is -0.0441. The van der Waals surface area contributed by atoms with Gasteiger partial charge in [-0.15, -0.1) is 0 Å². The molecule has 3 heteroatoms. The van der Waals surface area contributed by atoms with Crippen LogP contribution in [-0.4, -0.2) is 11.7 Å². The van der Waals surface area contributed by atoms with Crippen LogP contribution < -0.4 is 4.74 Å². The van der Waals surface area contributed by atoms with Crippen molar-refractivity contribution in [3.63, 3.8) is 0 Å². The van der Waals surface area contributed by atoms with Crippen molar-refractivity contribution < 1.29 is 9.84 Å². The second-order valence-corrected chi connectivity index (χ2v) is 4.38. The lowest BCUT2D eigenvalue weighted by molar-refractivity contribution is 0.255. The minimum Gasteiger partial charge on any atom is -0.493 e. The molecular weight excluding hydrogens is 212 g/mol. The van der Waals surface area contributed by atoms with Crippen molar-refractivity contribution in [1.82, 2.24) is 0 Å². The molecule has 15 heavy (non-hydrogen) atoms. The number of hydrogen-bond donors (Lipinski definition) is 1. The molecule has 0 fully saturated rings. The molecule has 0 heterocycles. The van der Waals surface area contributed by atoms with E-state index in [0.29, 0.717) is 17.5 Å². The number of rotatable bonds is 5. The molecule has 1 aromatic rings. The highest BCUT2D eigenvalue weighted by atomic mass is 35.5. The first kappa shape index (κ1) is 12.3. The van der Waals surface area contributed by atoms with Gasteiger partial charge in [0, 0.05) is 10.6 Å². The van der Waals surface area contributed by atoms with E-state index in [4.69, 9.17) is 21.4 Å². The van der Waals surface area contributed by atoms with Crippen LogP contribution in [0.25, 0.3) is 0 Å². The first-order valence-corrected chi connectivity index (χ1v) is 5.53. The molecule has 0 bridgehead atoms. The zero-order chi connectivity index (χ0) is 11.3. The zero-order valence-corrected chi connectivity index (χ0v) is 9.92. The average molecular weight is 229 g/mol. The molecule has 0 radical (unpaired) electrons. The third-order valence-electron chi connectivity index (χ3n) is 2.15. The van der Waals surface area contributed by atoms with Crippen molar-refractivity contribution >= 4 is 11.6 Å². The number of aliphatic hydroxyl groups is 1. The normalized spacial score (nSPS) is 10.7. The third kappa shape index (κ3) is 4.10. The first-order chi connectivity index (χ1) is 7.13. The minimum absolute atomic E-state index is 0.0441. The summed E-state index contributed by atoms with van der Waals surface area (Å²) in [6, 6.07) is 5.30. The van der Waals surface area contributed by atoms with Gasteiger partial charge in [0.1, 0.15) is 5.75 Å². The Morgan fingerprint density at radius 3 is 2.73 bits per heavy atom. The molecule has 2 nitrogen and oxygen atoms in total. The first-order valence-electron chi connectivity index (χ1n) is 5.15. The van der Waals surface area contributed by atoms with Crippen molar-refractivity contribution in [3.8, 4) is 5.75 Å². The van der Waals surface area contributed by atoms with E-state index in [9.17, 15) is 0 Å². The van der Waals surface area contributed by atoms with E-state index < -0.39 is 0 Å². The molecule has 0 amide bonds. The Hall–Kier alpha value is -0.730. The molecular formula is C12H17ClO2. The van der Waals surface area contributed by atoms with Crippen LogP contribution >= 0.6 is 11.6 Å². The summed E-state index contributed by atoms with van der Waals surface area (Å²) in [5.74, 6) is 1.34. The summed E-state index contributed by atoms with van der Waals surface area (Å²) in [5.41, 5.74) is 0.742. The van der Waals surface area contributed by atoms with E-state index in [-0.39, 0.29) is 6.61 Å². The average Bonchev–Trinajstić information content (AvgIpc) is 2.19. The molecule has 0 spiro atoms. The monoisotopic (exact) mass is 228 g/mol. The summed E-state index contributed by atoms with van der Waals surface area (Å²) < 4.78 is 5.58. The second-order valence-electron chi connectivity index (χ2n) is 3.94. The molecule has 84 valence electrons. The standard InChI is InChI=1S/C12H17ClO2/c1-9(2)5-6-15-12-4-3-11(13)7-10(12)8-14/h3-4,7,9,14H,5-6,8H2,1-2H3. The van der Waals surface area contributed by atoms with Crippen molar-refractivity contribution in [2.24, 2.45) is 5.92 Å². The van der Waals surface area contributed by atoms with Crippen LogP contribution in [0, 0.1) is 5.92 Å². The molecule has 0 aliphatic carbocycles. The molecule has 1 rings (SSSR count). The number of halogens is 1. The summed E-state index contributed by atoms with van der Waals surface area (Å²) in [5, 5.41) is 9.73. The Labute approximate surface area is 95.8 Å². The van der Waals surface area contributed by atoms with E-state index in [0.717, 1.165) is 17.7 Å². The van der Waals surface area contributed by atoms with E-state index >= 15 is 0 Å². The number of ether oxygens (including phenoxy) is 1. The van der Waals surface area contributed by atoms with Gasteiger partial charge in [0.2, 0.25) is 0 Å². The fraction of sp³-hybridized carbons (Fsp3) is 0.500. The van der Waals surface area contributed by atoms with Gasteiger partial charge in [0.15, 0.2) is 0 Å². The molecule has 0 saturated carbocycles. The summed E-state index contributed by atoms with van der Waals surface area (Å²) in [4.78, 5) is 0. The fourth-order valence-corrected chi connectivity index (χ4v) is 1.41. The van der Waals surface area contributed by atoms with Gasteiger partial charge in [-0.2, -0.15) is 0 Å². The van der Waals surface area contributed by atoms with Gasteiger partial charge >= 0.3 is 0 Å². The van der Waals surface area contributed by atoms with Gasteiger partial charge in [0.25, 0.3) is 0 Å². The maximum absolute atomic E-state index is 9.11. The maximum atomic E-state index is 9.11. The topological polar surface area (TPSA) is 29.5 Å². The summed E-state index contributed by atoms with van der Waals surface area (Å²) in [7, 11) is 0. The number of aliphatic hydroxyl groups excluding tert-OH is 1. The van der Waals surface area contributed by atoms with E-state index in [1.54, 1.807) is 18.2 Å². The third-order valence-corrected chi connectivity index (χ3v) is 2.38.